The zero-order valence-corrected chi connectivity index (χ0v) is 16.4. The molecule has 8 heteroatoms. The number of rotatable bonds is 6. The average molecular weight is 385 g/mol. The highest BCUT2D eigenvalue weighted by atomic mass is 16.5. The summed E-state index contributed by atoms with van der Waals surface area (Å²) in [5.74, 6) is 2.35. The number of H-pyrrole nitrogens is 1. The molecule has 0 saturated carbocycles. The second kappa shape index (κ2) is 6.70. The molecule has 28 heavy (non-hydrogen) atoms. The van der Waals surface area contributed by atoms with Crippen molar-refractivity contribution in [2.45, 2.75) is 44.8 Å². The SMILES string of the molecule is Cc1noc(C)c1C(=O)NC[C@H]1[C@H]2CN(CCc3ncc[nH]3)C[C@]23CC[C@H]1O3. The van der Waals surface area contributed by atoms with E-state index in [1.54, 1.807) is 20.0 Å². The molecule has 0 aliphatic carbocycles. The third kappa shape index (κ3) is 2.86. The molecule has 150 valence electrons. The van der Waals surface area contributed by atoms with Crippen molar-refractivity contribution in [1.82, 2.24) is 25.3 Å². The molecule has 4 atom stereocenters. The van der Waals surface area contributed by atoms with Gasteiger partial charge < -0.3 is 19.6 Å². The first-order valence-electron chi connectivity index (χ1n) is 10.2. The molecule has 0 unspecified atom stereocenters. The van der Waals surface area contributed by atoms with Gasteiger partial charge in [0.05, 0.1) is 17.4 Å². The third-order valence-corrected chi connectivity index (χ3v) is 6.83. The lowest BCUT2D eigenvalue weighted by Crippen LogP contribution is -2.42. The van der Waals surface area contributed by atoms with Crippen molar-refractivity contribution in [2.75, 3.05) is 26.2 Å². The average Bonchev–Trinajstić information content (AvgIpc) is 3.46. The van der Waals surface area contributed by atoms with Crippen molar-refractivity contribution in [2.24, 2.45) is 11.8 Å². The van der Waals surface area contributed by atoms with Crippen LogP contribution in [0.4, 0.5) is 0 Å². The summed E-state index contributed by atoms with van der Waals surface area (Å²) >= 11 is 0. The quantitative estimate of drug-likeness (QED) is 0.782. The molecule has 1 amide bonds. The largest absolute Gasteiger partial charge is 0.370 e. The molecule has 8 nitrogen and oxygen atoms in total. The van der Waals surface area contributed by atoms with E-state index in [9.17, 15) is 4.79 Å². The van der Waals surface area contributed by atoms with Crippen LogP contribution in [0.15, 0.2) is 16.9 Å². The Morgan fingerprint density at radius 1 is 1.46 bits per heavy atom. The maximum absolute atomic E-state index is 12.6. The maximum atomic E-state index is 12.6. The molecule has 2 N–H and O–H groups in total. The Balaban J connectivity index is 1.22. The monoisotopic (exact) mass is 385 g/mol. The second-order valence-corrected chi connectivity index (χ2v) is 8.46. The number of hydrogen-bond donors (Lipinski definition) is 2. The van der Waals surface area contributed by atoms with Crippen LogP contribution in [0, 0.1) is 25.7 Å². The van der Waals surface area contributed by atoms with E-state index in [4.69, 9.17) is 9.26 Å². The number of likely N-dealkylation sites (tertiary alicyclic amines) is 1. The lowest BCUT2D eigenvalue weighted by molar-refractivity contribution is 0.00282. The predicted octanol–water partition coefficient (Wildman–Crippen LogP) is 1.47. The number of aromatic amines is 1. The molecule has 0 aromatic carbocycles. The molecule has 3 saturated heterocycles. The molecule has 2 aromatic rings. The van der Waals surface area contributed by atoms with E-state index >= 15 is 0 Å². The lowest BCUT2D eigenvalue weighted by atomic mass is 9.73. The van der Waals surface area contributed by atoms with E-state index in [1.165, 1.54) is 0 Å². The summed E-state index contributed by atoms with van der Waals surface area (Å²) in [7, 11) is 0. The van der Waals surface area contributed by atoms with E-state index in [0.29, 0.717) is 35.4 Å². The van der Waals surface area contributed by atoms with Gasteiger partial charge in [0.1, 0.15) is 17.1 Å². The third-order valence-electron chi connectivity index (χ3n) is 6.83. The summed E-state index contributed by atoms with van der Waals surface area (Å²) in [4.78, 5) is 22.6. The van der Waals surface area contributed by atoms with Gasteiger partial charge in [0.2, 0.25) is 0 Å². The molecule has 5 rings (SSSR count). The number of fused-ring (bicyclic) bond motifs is 1. The predicted molar refractivity (Wildman–Crippen MR) is 101 cm³/mol. The minimum atomic E-state index is -0.0965. The van der Waals surface area contributed by atoms with Crippen molar-refractivity contribution in [3.8, 4) is 0 Å². The molecule has 3 aliphatic rings. The topological polar surface area (TPSA) is 96.3 Å². The Kier molecular flexibility index (Phi) is 4.28. The van der Waals surface area contributed by atoms with Crippen LogP contribution in [0.25, 0.3) is 0 Å². The summed E-state index contributed by atoms with van der Waals surface area (Å²) in [5.41, 5.74) is 1.18. The minimum absolute atomic E-state index is 0.0216. The van der Waals surface area contributed by atoms with Crippen molar-refractivity contribution in [3.05, 3.63) is 35.2 Å². The van der Waals surface area contributed by atoms with E-state index in [0.717, 1.165) is 44.7 Å². The fourth-order valence-corrected chi connectivity index (χ4v) is 5.53. The molecule has 0 radical (unpaired) electrons. The maximum Gasteiger partial charge on any atom is 0.256 e. The van der Waals surface area contributed by atoms with Crippen LogP contribution in [0.3, 0.4) is 0 Å². The Hall–Kier alpha value is -2.19. The number of carbonyl (C=O) groups excluding carboxylic acids is 1. The normalized spacial score (nSPS) is 31.4. The Labute approximate surface area is 164 Å². The molecule has 2 bridgehead atoms. The zero-order valence-electron chi connectivity index (χ0n) is 16.4. The standard InChI is InChI=1S/C20H27N5O3/c1-12-18(13(2)28-24-12)19(26)23-9-14-15-10-25(8-4-17-21-6-7-22-17)11-20(15)5-3-16(14)27-20/h6-7,14-16H,3-5,8-11H2,1-2H3,(H,21,22)(H,23,26)/t14-,15+,16+,20+/m0/s1. The summed E-state index contributed by atoms with van der Waals surface area (Å²) < 4.78 is 11.6. The Morgan fingerprint density at radius 2 is 2.36 bits per heavy atom. The van der Waals surface area contributed by atoms with Gasteiger partial charge in [-0.05, 0) is 26.7 Å². The number of imidazole rings is 1. The number of hydrogen-bond acceptors (Lipinski definition) is 6. The number of aromatic nitrogens is 3. The molecule has 5 heterocycles. The van der Waals surface area contributed by atoms with Crippen molar-refractivity contribution in [1.29, 1.82) is 0 Å². The molecule has 2 aromatic heterocycles. The fraction of sp³-hybridized carbons (Fsp3) is 0.650. The minimum Gasteiger partial charge on any atom is -0.370 e. The van der Waals surface area contributed by atoms with Gasteiger partial charge in [-0.25, -0.2) is 4.98 Å². The lowest BCUT2D eigenvalue weighted by Gasteiger charge is -2.29. The van der Waals surface area contributed by atoms with Crippen LogP contribution in [0.2, 0.25) is 0 Å². The number of nitrogens with zero attached hydrogens (tertiary/aromatic N) is 3. The summed E-state index contributed by atoms with van der Waals surface area (Å²) in [6.45, 7) is 7.23. The number of amides is 1. The first kappa shape index (κ1) is 17.9. The first-order valence-corrected chi connectivity index (χ1v) is 10.2. The van der Waals surface area contributed by atoms with E-state index < -0.39 is 0 Å². The molecule has 1 spiro atoms. The van der Waals surface area contributed by atoms with Crippen molar-refractivity contribution >= 4 is 5.91 Å². The van der Waals surface area contributed by atoms with E-state index in [-0.39, 0.29) is 17.6 Å². The smallest absolute Gasteiger partial charge is 0.256 e. The number of carbonyl (C=O) groups is 1. The molecule has 3 fully saturated rings. The van der Waals surface area contributed by atoms with Crippen LogP contribution in [-0.4, -0.2) is 63.8 Å². The van der Waals surface area contributed by atoms with Crippen molar-refractivity contribution in [3.63, 3.8) is 0 Å². The number of aryl methyl sites for hydroxylation is 2. The van der Waals surface area contributed by atoms with Crippen molar-refractivity contribution < 1.29 is 14.1 Å². The van der Waals surface area contributed by atoms with Gasteiger partial charge in [-0.2, -0.15) is 0 Å². The van der Waals surface area contributed by atoms with E-state index in [2.05, 4.69) is 25.3 Å². The fourth-order valence-electron chi connectivity index (χ4n) is 5.53. The molecular formula is C20H27N5O3. The van der Waals surface area contributed by atoms with Gasteiger partial charge in [0.15, 0.2) is 0 Å². The summed E-state index contributed by atoms with van der Waals surface area (Å²) in [6.07, 6.45) is 7.08. The van der Waals surface area contributed by atoms with Gasteiger partial charge in [-0.3, -0.25) is 9.69 Å². The highest BCUT2D eigenvalue weighted by Crippen LogP contribution is 2.54. The number of nitrogens with one attached hydrogen (secondary N) is 2. The van der Waals surface area contributed by atoms with Gasteiger partial charge in [0.25, 0.3) is 5.91 Å². The van der Waals surface area contributed by atoms with Crippen LogP contribution < -0.4 is 5.32 Å². The van der Waals surface area contributed by atoms with Gasteiger partial charge >= 0.3 is 0 Å². The highest BCUT2D eigenvalue weighted by molar-refractivity contribution is 5.96. The number of ether oxygens (including phenoxy) is 1. The molecule has 3 aliphatic heterocycles. The summed E-state index contributed by atoms with van der Waals surface area (Å²) in [5, 5.41) is 7.00. The summed E-state index contributed by atoms with van der Waals surface area (Å²) in [6, 6.07) is 0. The van der Waals surface area contributed by atoms with Gasteiger partial charge in [0, 0.05) is 56.8 Å². The van der Waals surface area contributed by atoms with E-state index in [1.807, 2.05) is 6.20 Å². The zero-order chi connectivity index (χ0) is 19.3. The van der Waals surface area contributed by atoms with Gasteiger partial charge in [-0.1, -0.05) is 5.16 Å². The molecular weight excluding hydrogens is 358 g/mol. The Morgan fingerprint density at radius 3 is 3.11 bits per heavy atom. The van der Waals surface area contributed by atoms with Crippen LogP contribution in [0.5, 0.6) is 0 Å². The highest BCUT2D eigenvalue weighted by Gasteiger charge is 2.62. The first-order chi connectivity index (χ1) is 13.6. The second-order valence-electron chi connectivity index (χ2n) is 8.46. The van der Waals surface area contributed by atoms with Crippen LogP contribution in [0.1, 0.15) is 40.5 Å². The van der Waals surface area contributed by atoms with Crippen LogP contribution >= 0.6 is 0 Å². The Bertz CT molecular complexity index is 844. The van der Waals surface area contributed by atoms with Gasteiger partial charge in [-0.15, -0.1) is 0 Å². The van der Waals surface area contributed by atoms with Crippen LogP contribution in [-0.2, 0) is 11.2 Å².